The number of fused-ring (bicyclic) bond motifs is 1. The Morgan fingerprint density at radius 1 is 1.17 bits per heavy atom. The van der Waals surface area contributed by atoms with Gasteiger partial charge in [-0.2, -0.15) is 10.2 Å². The number of hydrogen-bond donors (Lipinski definition) is 3. The summed E-state index contributed by atoms with van der Waals surface area (Å²) in [6.07, 6.45) is 3.93. The number of amides is 2. The third-order valence-electron chi connectivity index (χ3n) is 7.82. The number of imidazole rings is 1. The molecule has 10 nitrogen and oxygen atoms in total. The number of nitrogens with one attached hydrogen (secondary N) is 3. The standard InChI is InChI=1S/C27H33F4N7O3/c1-2-41-15-21(35-23(39)9-16-11-27(30,31)12-16)18-10-22-34-20(14-38(22)33-13-18)24(17-3-6-26(28,29)7-4-17)36-25(40)19-5-8-32-37-19/h5,8,10,13-14,16-17,21,24H,2-4,6-7,9,11-12,15H2,1H3,(H,32,37)(H,35,39)(H,36,40)/t21-,24-/m0/s1. The molecule has 0 aromatic carbocycles. The Balaban J connectivity index is 1.36. The summed E-state index contributed by atoms with van der Waals surface area (Å²) in [7, 11) is 0. The maximum absolute atomic E-state index is 13.9. The van der Waals surface area contributed by atoms with Gasteiger partial charge in [-0.1, -0.05) is 0 Å². The number of carbonyl (C=O) groups is 2. The van der Waals surface area contributed by atoms with Gasteiger partial charge in [0.05, 0.1) is 36.8 Å². The summed E-state index contributed by atoms with van der Waals surface area (Å²) >= 11 is 0. The molecule has 222 valence electrons. The lowest BCUT2D eigenvalue weighted by Crippen LogP contribution is -2.40. The minimum Gasteiger partial charge on any atom is -0.379 e. The van der Waals surface area contributed by atoms with E-state index in [-0.39, 0.29) is 75.0 Å². The molecule has 2 amide bonds. The van der Waals surface area contributed by atoms with Gasteiger partial charge in [0.15, 0.2) is 5.65 Å². The number of carbonyl (C=O) groups excluding carboxylic acids is 2. The topological polar surface area (TPSA) is 126 Å². The second-order valence-electron chi connectivity index (χ2n) is 11.0. The summed E-state index contributed by atoms with van der Waals surface area (Å²) in [5.41, 5.74) is 1.73. The second kappa shape index (κ2) is 11.7. The summed E-state index contributed by atoms with van der Waals surface area (Å²) < 4.78 is 61.3. The maximum atomic E-state index is 13.9. The molecule has 3 aromatic heterocycles. The number of H-pyrrole nitrogens is 1. The van der Waals surface area contributed by atoms with E-state index >= 15 is 0 Å². The van der Waals surface area contributed by atoms with Crippen LogP contribution in [0.4, 0.5) is 17.6 Å². The van der Waals surface area contributed by atoms with Crippen molar-refractivity contribution in [3.63, 3.8) is 0 Å². The van der Waals surface area contributed by atoms with Gasteiger partial charge in [-0.15, -0.1) is 0 Å². The van der Waals surface area contributed by atoms with Gasteiger partial charge in [-0.25, -0.2) is 27.1 Å². The fourth-order valence-corrected chi connectivity index (χ4v) is 5.58. The van der Waals surface area contributed by atoms with Crippen LogP contribution in [-0.2, 0) is 9.53 Å². The predicted octanol–water partition coefficient (Wildman–Crippen LogP) is 4.38. The first kappa shape index (κ1) is 29.0. The Bertz CT molecular complexity index is 1350. The third-order valence-corrected chi connectivity index (χ3v) is 7.82. The van der Waals surface area contributed by atoms with Gasteiger partial charge in [0.1, 0.15) is 5.69 Å². The molecule has 3 N–H and O–H groups in total. The van der Waals surface area contributed by atoms with Crippen molar-refractivity contribution in [3.8, 4) is 0 Å². The number of alkyl halides is 4. The van der Waals surface area contributed by atoms with Crippen molar-refractivity contribution < 1.29 is 31.9 Å². The molecule has 2 aliphatic carbocycles. The number of nitrogens with zero attached hydrogens (tertiary/aromatic N) is 4. The van der Waals surface area contributed by atoms with E-state index in [1.54, 1.807) is 18.5 Å². The molecule has 3 aromatic rings. The summed E-state index contributed by atoms with van der Waals surface area (Å²) in [6, 6.07) is 2.01. The molecule has 0 saturated heterocycles. The van der Waals surface area contributed by atoms with Crippen LogP contribution < -0.4 is 10.6 Å². The summed E-state index contributed by atoms with van der Waals surface area (Å²) in [6.45, 7) is 2.37. The van der Waals surface area contributed by atoms with Crippen LogP contribution in [0, 0.1) is 11.8 Å². The van der Waals surface area contributed by atoms with Gasteiger partial charge in [-0.3, -0.25) is 14.7 Å². The molecule has 0 bridgehead atoms. The number of rotatable bonds is 11. The molecule has 0 spiro atoms. The van der Waals surface area contributed by atoms with Crippen LogP contribution in [0.1, 0.15) is 85.7 Å². The molecule has 0 radical (unpaired) electrons. The van der Waals surface area contributed by atoms with Crippen LogP contribution in [0.5, 0.6) is 0 Å². The van der Waals surface area contributed by atoms with Crippen LogP contribution in [0.25, 0.3) is 5.65 Å². The maximum Gasteiger partial charge on any atom is 0.269 e. The Morgan fingerprint density at radius 2 is 1.93 bits per heavy atom. The molecule has 2 aliphatic rings. The molecular weight excluding hydrogens is 546 g/mol. The molecule has 3 heterocycles. The Kier molecular flexibility index (Phi) is 8.30. The molecule has 0 aliphatic heterocycles. The van der Waals surface area contributed by atoms with Gasteiger partial charge >= 0.3 is 0 Å². The van der Waals surface area contributed by atoms with Gasteiger partial charge in [0.2, 0.25) is 17.8 Å². The number of halogens is 4. The molecule has 2 fully saturated rings. The summed E-state index contributed by atoms with van der Waals surface area (Å²) in [5, 5.41) is 16.6. The van der Waals surface area contributed by atoms with E-state index in [4.69, 9.17) is 4.74 Å². The van der Waals surface area contributed by atoms with Crippen LogP contribution >= 0.6 is 0 Å². The Labute approximate surface area is 233 Å². The van der Waals surface area contributed by atoms with Crippen molar-refractivity contribution in [3.05, 3.63) is 47.7 Å². The van der Waals surface area contributed by atoms with Crippen molar-refractivity contribution in [2.24, 2.45) is 11.8 Å². The molecule has 41 heavy (non-hydrogen) atoms. The number of aromatic amines is 1. The smallest absolute Gasteiger partial charge is 0.269 e. The predicted molar refractivity (Wildman–Crippen MR) is 138 cm³/mol. The van der Waals surface area contributed by atoms with E-state index in [0.29, 0.717) is 23.5 Å². The van der Waals surface area contributed by atoms with Crippen molar-refractivity contribution in [2.75, 3.05) is 13.2 Å². The van der Waals surface area contributed by atoms with Crippen LogP contribution in [0.3, 0.4) is 0 Å². The Morgan fingerprint density at radius 3 is 2.59 bits per heavy atom. The van der Waals surface area contributed by atoms with Crippen LogP contribution in [0.2, 0.25) is 0 Å². The van der Waals surface area contributed by atoms with E-state index in [9.17, 15) is 27.2 Å². The molecule has 2 saturated carbocycles. The molecule has 14 heteroatoms. The Hall–Kier alpha value is -3.55. The van der Waals surface area contributed by atoms with E-state index in [2.05, 4.69) is 30.9 Å². The molecular formula is C27H33F4N7O3. The van der Waals surface area contributed by atoms with E-state index in [0.717, 1.165) is 0 Å². The fraction of sp³-hybridized carbons (Fsp3) is 0.593. The average Bonchev–Trinajstić information content (AvgIpc) is 3.59. The minimum atomic E-state index is -2.73. The second-order valence-corrected chi connectivity index (χ2v) is 11.0. The first-order valence-electron chi connectivity index (χ1n) is 13.8. The van der Waals surface area contributed by atoms with Gasteiger partial charge in [-0.05, 0) is 43.7 Å². The largest absolute Gasteiger partial charge is 0.379 e. The minimum absolute atomic E-state index is 0.000440. The SMILES string of the molecule is CCOC[C@H](NC(=O)CC1CC(F)(F)C1)c1cnn2cc([C@@H](NC(=O)c3ccn[nH]3)C3CCC(F)(F)CC3)nc2c1. The van der Waals surface area contributed by atoms with E-state index < -0.39 is 29.8 Å². The van der Waals surface area contributed by atoms with Crippen LogP contribution in [-0.4, -0.2) is 61.7 Å². The summed E-state index contributed by atoms with van der Waals surface area (Å²) in [5.74, 6) is -6.84. The highest BCUT2D eigenvalue weighted by Gasteiger charge is 2.46. The first-order chi connectivity index (χ1) is 19.5. The van der Waals surface area contributed by atoms with Crippen molar-refractivity contribution in [1.29, 1.82) is 0 Å². The highest BCUT2D eigenvalue weighted by atomic mass is 19.3. The quantitative estimate of drug-likeness (QED) is 0.290. The lowest BCUT2D eigenvalue weighted by molar-refractivity contribution is -0.134. The third kappa shape index (κ3) is 7.03. The zero-order valence-corrected chi connectivity index (χ0v) is 22.6. The normalized spacial score (nSPS) is 20.3. The van der Waals surface area contributed by atoms with Gasteiger partial charge in [0, 0.05) is 50.5 Å². The first-order valence-corrected chi connectivity index (χ1v) is 13.8. The zero-order chi connectivity index (χ0) is 29.2. The van der Waals surface area contributed by atoms with Gasteiger partial charge < -0.3 is 15.4 Å². The number of aromatic nitrogens is 5. The highest BCUT2D eigenvalue weighted by molar-refractivity contribution is 5.92. The highest BCUT2D eigenvalue weighted by Crippen LogP contribution is 2.44. The summed E-state index contributed by atoms with van der Waals surface area (Å²) in [4.78, 5) is 30.2. The number of hydrogen-bond acceptors (Lipinski definition) is 6. The lowest BCUT2D eigenvalue weighted by atomic mass is 9.79. The zero-order valence-electron chi connectivity index (χ0n) is 22.6. The molecule has 5 rings (SSSR count). The van der Waals surface area contributed by atoms with E-state index in [1.807, 2.05) is 6.92 Å². The van der Waals surface area contributed by atoms with Crippen molar-refractivity contribution >= 4 is 17.5 Å². The van der Waals surface area contributed by atoms with Crippen molar-refractivity contribution in [2.45, 2.75) is 75.8 Å². The molecule has 0 unspecified atom stereocenters. The van der Waals surface area contributed by atoms with Crippen LogP contribution in [0.15, 0.2) is 30.7 Å². The number of ether oxygens (including phenoxy) is 1. The fourth-order valence-electron chi connectivity index (χ4n) is 5.58. The van der Waals surface area contributed by atoms with Gasteiger partial charge in [0.25, 0.3) is 5.91 Å². The molecule has 2 atom stereocenters. The van der Waals surface area contributed by atoms with Crippen molar-refractivity contribution in [1.82, 2.24) is 35.4 Å². The van der Waals surface area contributed by atoms with E-state index in [1.165, 1.54) is 16.8 Å². The average molecular weight is 580 g/mol. The monoisotopic (exact) mass is 579 g/mol. The lowest BCUT2D eigenvalue weighted by Gasteiger charge is -2.34.